The first-order chi connectivity index (χ1) is 11.5. The van der Waals surface area contributed by atoms with Gasteiger partial charge in [-0.05, 0) is 61.8 Å². The molecule has 0 fully saturated rings. The van der Waals surface area contributed by atoms with Gasteiger partial charge in [-0.1, -0.05) is 50.2 Å². The first-order valence-corrected chi connectivity index (χ1v) is 8.60. The highest BCUT2D eigenvalue weighted by Crippen LogP contribution is 2.24. The summed E-state index contributed by atoms with van der Waals surface area (Å²) in [5.74, 6) is 0.490. The highest BCUT2D eigenvalue weighted by Gasteiger charge is 2.08. The van der Waals surface area contributed by atoms with Gasteiger partial charge < -0.3 is 10.2 Å². The topological polar surface area (TPSA) is 32.3 Å². The summed E-state index contributed by atoms with van der Waals surface area (Å²) >= 11 is 0. The molecule has 1 amide bonds. The van der Waals surface area contributed by atoms with E-state index in [0.717, 1.165) is 24.1 Å². The maximum atomic E-state index is 12.3. The summed E-state index contributed by atoms with van der Waals surface area (Å²) in [5.41, 5.74) is 4.26. The molecule has 0 atom stereocenters. The third-order valence-corrected chi connectivity index (χ3v) is 4.08. The lowest BCUT2D eigenvalue weighted by Gasteiger charge is -2.11. The van der Waals surface area contributed by atoms with Crippen LogP contribution in [0.3, 0.4) is 0 Å². The molecule has 0 radical (unpaired) electrons. The smallest absolute Gasteiger partial charge is 0.251 e. The Morgan fingerprint density at radius 3 is 2.38 bits per heavy atom. The molecule has 0 aliphatic rings. The fraction of sp³-hybridized carbons (Fsp3) is 0.381. The first-order valence-electron chi connectivity index (χ1n) is 8.60. The Hall–Kier alpha value is -2.13. The van der Waals surface area contributed by atoms with Gasteiger partial charge in [0.15, 0.2) is 0 Å². The van der Waals surface area contributed by atoms with E-state index in [1.807, 2.05) is 32.3 Å². The quantitative estimate of drug-likeness (QED) is 0.776. The third kappa shape index (κ3) is 5.20. The van der Waals surface area contributed by atoms with E-state index in [1.54, 1.807) is 0 Å². The Morgan fingerprint density at radius 1 is 1.04 bits per heavy atom. The molecule has 0 heterocycles. The van der Waals surface area contributed by atoms with Crippen molar-refractivity contribution in [2.45, 2.75) is 26.2 Å². The summed E-state index contributed by atoms with van der Waals surface area (Å²) in [6.07, 6.45) is 0.953. The number of carbonyl (C=O) groups is 1. The summed E-state index contributed by atoms with van der Waals surface area (Å²) in [5, 5.41) is 3.00. The van der Waals surface area contributed by atoms with Crippen LogP contribution in [0.2, 0.25) is 0 Å². The zero-order valence-electron chi connectivity index (χ0n) is 15.2. The molecule has 2 rings (SSSR count). The third-order valence-electron chi connectivity index (χ3n) is 4.08. The van der Waals surface area contributed by atoms with Gasteiger partial charge in [-0.15, -0.1) is 0 Å². The lowest BCUT2D eigenvalue weighted by Crippen LogP contribution is -2.27. The standard InChI is InChI=1S/C21H28N2O/c1-16(2)17-8-5-9-18(14-17)19-10-6-11-20(15-19)21(24)22-12-7-13-23(3)4/h5-6,8-11,14-16H,7,12-13H2,1-4H3,(H,22,24). The predicted molar refractivity (Wildman–Crippen MR) is 101 cm³/mol. The second-order valence-electron chi connectivity index (χ2n) is 6.77. The van der Waals surface area contributed by atoms with Crippen molar-refractivity contribution >= 4 is 5.91 Å². The van der Waals surface area contributed by atoms with Gasteiger partial charge in [-0.3, -0.25) is 4.79 Å². The van der Waals surface area contributed by atoms with Crippen LogP contribution in [-0.2, 0) is 0 Å². The van der Waals surface area contributed by atoms with E-state index < -0.39 is 0 Å². The number of hydrogen-bond donors (Lipinski definition) is 1. The molecule has 2 aromatic carbocycles. The van der Waals surface area contributed by atoms with Gasteiger partial charge in [0.2, 0.25) is 0 Å². The Balaban J connectivity index is 2.08. The van der Waals surface area contributed by atoms with Crippen LogP contribution in [0, 0.1) is 0 Å². The predicted octanol–water partition coefficient (Wildman–Crippen LogP) is 4.16. The molecular formula is C21H28N2O. The van der Waals surface area contributed by atoms with Crippen LogP contribution in [-0.4, -0.2) is 38.0 Å². The van der Waals surface area contributed by atoms with Crippen LogP contribution in [0.15, 0.2) is 48.5 Å². The lowest BCUT2D eigenvalue weighted by atomic mass is 9.96. The number of rotatable bonds is 7. The van der Waals surface area contributed by atoms with Crippen molar-refractivity contribution in [3.63, 3.8) is 0 Å². The molecule has 0 saturated heterocycles. The van der Waals surface area contributed by atoms with Crippen molar-refractivity contribution in [1.82, 2.24) is 10.2 Å². The van der Waals surface area contributed by atoms with Gasteiger partial charge in [0.25, 0.3) is 5.91 Å². The molecule has 3 heteroatoms. The second kappa shape index (κ2) is 8.65. The van der Waals surface area contributed by atoms with E-state index >= 15 is 0 Å². The number of nitrogens with one attached hydrogen (secondary N) is 1. The average Bonchev–Trinajstić information content (AvgIpc) is 2.58. The zero-order chi connectivity index (χ0) is 17.5. The Kier molecular flexibility index (Phi) is 6.56. The minimum absolute atomic E-state index is 0.00406. The lowest BCUT2D eigenvalue weighted by molar-refractivity contribution is 0.0952. The van der Waals surface area contributed by atoms with Crippen molar-refractivity contribution < 1.29 is 4.79 Å². The van der Waals surface area contributed by atoms with Crippen LogP contribution in [0.4, 0.5) is 0 Å². The fourth-order valence-electron chi connectivity index (χ4n) is 2.62. The van der Waals surface area contributed by atoms with Crippen LogP contribution < -0.4 is 5.32 Å². The van der Waals surface area contributed by atoms with Crippen molar-refractivity contribution in [1.29, 1.82) is 0 Å². The van der Waals surface area contributed by atoms with Gasteiger partial charge >= 0.3 is 0 Å². The van der Waals surface area contributed by atoms with Crippen LogP contribution >= 0.6 is 0 Å². The van der Waals surface area contributed by atoms with Gasteiger partial charge in [0.1, 0.15) is 0 Å². The average molecular weight is 324 g/mol. The zero-order valence-corrected chi connectivity index (χ0v) is 15.2. The van der Waals surface area contributed by atoms with Crippen LogP contribution in [0.1, 0.15) is 42.1 Å². The van der Waals surface area contributed by atoms with Crippen LogP contribution in [0.25, 0.3) is 11.1 Å². The SMILES string of the molecule is CC(C)c1cccc(-c2cccc(C(=O)NCCCN(C)C)c2)c1. The summed E-state index contributed by atoms with van der Waals surface area (Å²) in [6, 6.07) is 16.4. The summed E-state index contributed by atoms with van der Waals surface area (Å²) in [4.78, 5) is 14.4. The van der Waals surface area contributed by atoms with Crippen molar-refractivity contribution in [3.8, 4) is 11.1 Å². The Labute approximate surface area is 145 Å². The molecule has 0 saturated carbocycles. The monoisotopic (exact) mass is 324 g/mol. The molecule has 2 aromatic rings. The van der Waals surface area contributed by atoms with Gasteiger partial charge in [-0.2, -0.15) is 0 Å². The minimum Gasteiger partial charge on any atom is -0.352 e. The number of amides is 1. The Bertz CT molecular complexity index is 677. The highest BCUT2D eigenvalue weighted by molar-refractivity contribution is 5.95. The number of benzene rings is 2. The van der Waals surface area contributed by atoms with Crippen molar-refractivity contribution in [2.24, 2.45) is 0 Å². The maximum absolute atomic E-state index is 12.3. The van der Waals surface area contributed by atoms with E-state index in [4.69, 9.17) is 0 Å². The first kappa shape index (κ1) is 18.2. The second-order valence-corrected chi connectivity index (χ2v) is 6.77. The van der Waals surface area contributed by atoms with E-state index in [1.165, 1.54) is 5.56 Å². The summed E-state index contributed by atoms with van der Waals surface area (Å²) < 4.78 is 0. The maximum Gasteiger partial charge on any atom is 0.251 e. The fourth-order valence-corrected chi connectivity index (χ4v) is 2.62. The molecule has 0 unspecified atom stereocenters. The number of carbonyl (C=O) groups excluding carboxylic acids is 1. The van der Waals surface area contributed by atoms with E-state index in [-0.39, 0.29) is 5.91 Å². The van der Waals surface area contributed by atoms with Crippen LogP contribution in [0.5, 0.6) is 0 Å². The molecule has 3 nitrogen and oxygen atoms in total. The van der Waals surface area contributed by atoms with E-state index in [9.17, 15) is 4.79 Å². The van der Waals surface area contributed by atoms with E-state index in [0.29, 0.717) is 18.0 Å². The summed E-state index contributed by atoms with van der Waals surface area (Å²) in [6.45, 7) is 6.06. The molecule has 0 aliphatic heterocycles. The highest BCUT2D eigenvalue weighted by atomic mass is 16.1. The molecule has 24 heavy (non-hydrogen) atoms. The molecule has 0 spiro atoms. The molecular weight excluding hydrogens is 296 g/mol. The molecule has 0 aromatic heterocycles. The number of hydrogen-bond acceptors (Lipinski definition) is 2. The van der Waals surface area contributed by atoms with Gasteiger partial charge in [0.05, 0.1) is 0 Å². The Morgan fingerprint density at radius 2 is 1.71 bits per heavy atom. The van der Waals surface area contributed by atoms with Crippen molar-refractivity contribution in [2.75, 3.05) is 27.2 Å². The van der Waals surface area contributed by atoms with Gasteiger partial charge in [-0.25, -0.2) is 0 Å². The van der Waals surface area contributed by atoms with E-state index in [2.05, 4.69) is 54.4 Å². The molecule has 0 bridgehead atoms. The largest absolute Gasteiger partial charge is 0.352 e. The van der Waals surface area contributed by atoms with Gasteiger partial charge in [0, 0.05) is 12.1 Å². The van der Waals surface area contributed by atoms with Crippen molar-refractivity contribution in [3.05, 3.63) is 59.7 Å². The molecule has 1 N–H and O–H groups in total. The number of nitrogens with zero attached hydrogens (tertiary/aromatic N) is 1. The molecule has 128 valence electrons. The summed E-state index contributed by atoms with van der Waals surface area (Å²) in [7, 11) is 4.08. The minimum atomic E-state index is -0.00406. The molecule has 0 aliphatic carbocycles. The normalized spacial score (nSPS) is 11.1.